The van der Waals surface area contributed by atoms with Crippen LogP contribution >= 0.6 is 24.0 Å². The predicted octanol–water partition coefficient (Wildman–Crippen LogP) is 2.43. The summed E-state index contributed by atoms with van der Waals surface area (Å²) in [7, 11) is 0. The molecule has 5 nitrogen and oxygen atoms in total. The highest BCUT2D eigenvalue weighted by molar-refractivity contribution is 6.31. The molecule has 2 saturated heterocycles. The van der Waals surface area contributed by atoms with Crippen molar-refractivity contribution in [2.75, 3.05) is 32.7 Å². The minimum absolute atomic E-state index is 0. The number of nitrogens with zero attached hydrogens (tertiary/aromatic N) is 2. The van der Waals surface area contributed by atoms with Crippen LogP contribution in [0.15, 0.2) is 18.2 Å². The van der Waals surface area contributed by atoms with Gasteiger partial charge in [-0.1, -0.05) is 17.7 Å². The van der Waals surface area contributed by atoms with E-state index < -0.39 is 0 Å². The zero-order chi connectivity index (χ0) is 18.3. The van der Waals surface area contributed by atoms with Gasteiger partial charge in [0.05, 0.1) is 6.54 Å². The van der Waals surface area contributed by atoms with Crippen LogP contribution in [0.2, 0.25) is 5.02 Å². The maximum absolute atomic E-state index is 14.1. The Morgan fingerprint density at radius 1 is 1.30 bits per heavy atom. The monoisotopic (exact) mass is 415 g/mol. The van der Waals surface area contributed by atoms with Gasteiger partial charge in [-0.3, -0.25) is 9.59 Å². The zero-order valence-corrected chi connectivity index (χ0v) is 16.6. The van der Waals surface area contributed by atoms with E-state index in [1.807, 2.05) is 9.80 Å². The molecule has 1 aliphatic carbocycles. The average molecular weight is 416 g/mol. The summed E-state index contributed by atoms with van der Waals surface area (Å²) in [5, 5.41) is 3.48. The molecule has 2 amide bonds. The SMILES string of the molecule is Cl.O=C(C1CC1c1c(F)cccc1Cl)N1CCCC(N2CCNCC2=O)C1. The third kappa shape index (κ3) is 4.08. The van der Waals surface area contributed by atoms with Crippen molar-refractivity contribution < 1.29 is 14.0 Å². The fourth-order valence-electron chi connectivity index (χ4n) is 4.30. The minimum Gasteiger partial charge on any atom is -0.340 e. The lowest BCUT2D eigenvalue weighted by atomic mass is 10.0. The Balaban J connectivity index is 0.00000210. The van der Waals surface area contributed by atoms with Crippen molar-refractivity contribution in [1.29, 1.82) is 0 Å². The van der Waals surface area contributed by atoms with Gasteiger partial charge in [-0.05, 0) is 31.4 Å². The fourth-order valence-corrected chi connectivity index (χ4v) is 4.61. The van der Waals surface area contributed by atoms with Crippen LogP contribution in [0.5, 0.6) is 0 Å². The maximum Gasteiger partial charge on any atom is 0.236 e. The number of hydrogen-bond donors (Lipinski definition) is 1. The van der Waals surface area contributed by atoms with Crippen molar-refractivity contribution in [2.45, 2.75) is 31.2 Å². The van der Waals surface area contributed by atoms with Gasteiger partial charge in [0.25, 0.3) is 0 Å². The topological polar surface area (TPSA) is 52.7 Å². The van der Waals surface area contributed by atoms with Gasteiger partial charge in [0.15, 0.2) is 0 Å². The molecule has 1 N–H and O–H groups in total. The quantitative estimate of drug-likeness (QED) is 0.824. The highest BCUT2D eigenvalue weighted by Crippen LogP contribution is 2.51. The number of rotatable bonds is 3. The van der Waals surface area contributed by atoms with Gasteiger partial charge in [0.1, 0.15) is 5.82 Å². The fraction of sp³-hybridized carbons (Fsp3) is 0.579. The number of piperazine rings is 1. The molecule has 2 heterocycles. The summed E-state index contributed by atoms with van der Waals surface area (Å²) in [5.74, 6) is -0.473. The van der Waals surface area contributed by atoms with Crippen molar-refractivity contribution in [1.82, 2.24) is 15.1 Å². The first-order valence-electron chi connectivity index (χ1n) is 9.29. The predicted molar refractivity (Wildman–Crippen MR) is 104 cm³/mol. The Labute approximate surface area is 169 Å². The molecule has 0 bridgehead atoms. The number of likely N-dealkylation sites (tertiary alicyclic amines) is 1. The highest BCUT2D eigenvalue weighted by Gasteiger charge is 2.48. The molecular formula is C19H24Cl2FN3O2. The number of hydrogen-bond acceptors (Lipinski definition) is 3. The van der Waals surface area contributed by atoms with Crippen LogP contribution in [0.25, 0.3) is 0 Å². The minimum atomic E-state index is -0.333. The highest BCUT2D eigenvalue weighted by atomic mass is 35.5. The first-order chi connectivity index (χ1) is 12.6. The molecule has 0 radical (unpaired) electrons. The molecule has 148 valence electrons. The number of amides is 2. The second-order valence-electron chi connectivity index (χ2n) is 7.43. The molecule has 0 aromatic heterocycles. The van der Waals surface area contributed by atoms with Gasteiger partial charge in [-0.25, -0.2) is 4.39 Å². The smallest absolute Gasteiger partial charge is 0.236 e. The maximum atomic E-state index is 14.1. The van der Waals surface area contributed by atoms with E-state index in [1.54, 1.807) is 12.1 Å². The molecule has 4 rings (SSSR count). The summed E-state index contributed by atoms with van der Waals surface area (Å²) in [5.41, 5.74) is 0.471. The Morgan fingerprint density at radius 2 is 2.11 bits per heavy atom. The Bertz CT molecular complexity index is 713. The molecule has 3 fully saturated rings. The molecule has 3 atom stereocenters. The van der Waals surface area contributed by atoms with E-state index >= 15 is 0 Å². The summed E-state index contributed by atoms with van der Waals surface area (Å²) in [4.78, 5) is 28.8. The van der Waals surface area contributed by atoms with E-state index in [0.717, 1.165) is 19.4 Å². The number of benzene rings is 1. The number of piperidine rings is 1. The van der Waals surface area contributed by atoms with Crippen LogP contribution < -0.4 is 5.32 Å². The van der Waals surface area contributed by atoms with Crippen LogP contribution in [0.3, 0.4) is 0 Å². The van der Waals surface area contributed by atoms with Gasteiger partial charge < -0.3 is 15.1 Å². The van der Waals surface area contributed by atoms with Gasteiger partial charge >= 0.3 is 0 Å². The largest absolute Gasteiger partial charge is 0.340 e. The third-order valence-corrected chi connectivity index (χ3v) is 6.08. The molecular weight excluding hydrogens is 392 g/mol. The standard InChI is InChI=1S/C19H23ClFN3O2.ClH/c20-15-4-1-5-16(21)18(15)13-9-14(13)19(26)23-7-2-3-12(11-23)24-8-6-22-10-17(24)25;/h1,4-5,12-14,22H,2-3,6-11H2;1H. The summed E-state index contributed by atoms with van der Waals surface area (Å²) >= 11 is 6.15. The molecule has 3 aliphatic rings. The molecule has 2 aliphatic heterocycles. The molecule has 1 aromatic rings. The summed E-state index contributed by atoms with van der Waals surface area (Å²) in [6.07, 6.45) is 2.47. The van der Waals surface area contributed by atoms with Gasteiger partial charge in [-0.2, -0.15) is 0 Å². The Hall–Kier alpha value is -1.37. The van der Waals surface area contributed by atoms with Crippen molar-refractivity contribution in [3.05, 3.63) is 34.6 Å². The van der Waals surface area contributed by atoms with Crippen LogP contribution in [0.1, 0.15) is 30.7 Å². The molecule has 1 aromatic carbocycles. The van der Waals surface area contributed by atoms with Crippen molar-refractivity contribution in [3.8, 4) is 0 Å². The van der Waals surface area contributed by atoms with Crippen LogP contribution in [-0.2, 0) is 9.59 Å². The second-order valence-corrected chi connectivity index (χ2v) is 7.84. The van der Waals surface area contributed by atoms with Crippen molar-refractivity contribution in [2.24, 2.45) is 5.92 Å². The van der Waals surface area contributed by atoms with Gasteiger partial charge in [0, 0.05) is 54.6 Å². The molecule has 0 spiro atoms. The van der Waals surface area contributed by atoms with Crippen LogP contribution in [0.4, 0.5) is 4.39 Å². The lowest BCUT2D eigenvalue weighted by molar-refractivity contribution is -0.141. The molecule has 1 saturated carbocycles. The average Bonchev–Trinajstić information content (AvgIpc) is 3.42. The van der Waals surface area contributed by atoms with Gasteiger partial charge in [-0.15, -0.1) is 12.4 Å². The first-order valence-corrected chi connectivity index (χ1v) is 9.67. The van der Waals surface area contributed by atoms with E-state index in [1.165, 1.54) is 6.07 Å². The van der Waals surface area contributed by atoms with E-state index in [2.05, 4.69) is 5.32 Å². The molecule has 3 unspecified atom stereocenters. The van der Waals surface area contributed by atoms with E-state index in [4.69, 9.17) is 11.6 Å². The summed E-state index contributed by atoms with van der Waals surface area (Å²) in [6, 6.07) is 4.75. The Morgan fingerprint density at radius 3 is 2.85 bits per heavy atom. The number of halogens is 3. The van der Waals surface area contributed by atoms with Crippen molar-refractivity contribution >= 4 is 35.8 Å². The third-order valence-electron chi connectivity index (χ3n) is 5.75. The Kier molecular flexibility index (Phi) is 6.28. The second kappa shape index (κ2) is 8.33. The molecule has 27 heavy (non-hydrogen) atoms. The lowest BCUT2D eigenvalue weighted by Gasteiger charge is -2.41. The number of nitrogens with one attached hydrogen (secondary N) is 1. The van der Waals surface area contributed by atoms with Gasteiger partial charge in [0.2, 0.25) is 11.8 Å². The normalized spacial score (nSPS) is 27.9. The van der Waals surface area contributed by atoms with E-state index in [-0.39, 0.29) is 47.9 Å². The first kappa shape index (κ1) is 20.4. The molecule has 8 heteroatoms. The van der Waals surface area contributed by atoms with E-state index in [0.29, 0.717) is 43.2 Å². The number of carbonyl (C=O) groups is 2. The summed E-state index contributed by atoms with van der Waals surface area (Å²) in [6.45, 7) is 3.17. The zero-order valence-electron chi connectivity index (χ0n) is 15.0. The van der Waals surface area contributed by atoms with Crippen LogP contribution in [-0.4, -0.2) is 60.4 Å². The van der Waals surface area contributed by atoms with Crippen molar-refractivity contribution in [3.63, 3.8) is 0 Å². The van der Waals surface area contributed by atoms with Crippen LogP contribution in [0, 0.1) is 11.7 Å². The summed E-state index contributed by atoms with van der Waals surface area (Å²) < 4.78 is 14.1. The lowest BCUT2D eigenvalue weighted by Crippen LogP contribution is -2.57. The number of carbonyl (C=O) groups excluding carboxylic acids is 2. The van der Waals surface area contributed by atoms with E-state index in [9.17, 15) is 14.0 Å².